The van der Waals surface area contributed by atoms with Gasteiger partial charge < -0.3 is 9.84 Å². The van der Waals surface area contributed by atoms with Crippen LogP contribution in [0.2, 0.25) is 0 Å². The van der Waals surface area contributed by atoms with Gasteiger partial charge in [-0.1, -0.05) is 11.3 Å². The third-order valence-electron chi connectivity index (χ3n) is 3.01. The van der Waals surface area contributed by atoms with Crippen LogP contribution in [0.4, 0.5) is 0 Å². The molecule has 6 heteroatoms. The number of allylic oxidation sites excluding steroid dienone is 1. The number of aliphatic carboxylic acids is 1. The van der Waals surface area contributed by atoms with E-state index in [4.69, 9.17) is 4.74 Å². The van der Waals surface area contributed by atoms with Crippen LogP contribution < -0.4 is 0 Å². The van der Waals surface area contributed by atoms with E-state index in [-0.39, 0.29) is 0 Å². The van der Waals surface area contributed by atoms with Gasteiger partial charge in [0.05, 0.1) is 6.20 Å². The molecule has 1 aliphatic rings. The fourth-order valence-corrected chi connectivity index (χ4v) is 1.98. The summed E-state index contributed by atoms with van der Waals surface area (Å²) in [5.74, 6) is -0.877. The van der Waals surface area contributed by atoms with Crippen molar-refractivity contribution in [2.45, 2.75) is 25.3 Å². The lowest BCUT2D eigenvalue weighted by atomic mass is 9.90. The zero-order valence-corrected chi connectivity index (χ0v) is 9.67. The number of aromatic nitrogens is 3. The predicted octanol–water partition coefficient (Wildman–Crippen LogP) is 0.901. The zero-order valence-electron chi connectivity index (χ0n) is 9.67. The van der Waals surface area contributed by atoms with E-state index in [0.717, 1.165) is 0 Å². The topological polar surface area (TPSA) is 77.2 Å². The molecule has 17 heavy (non-hydrogen) atoms. The van der Waals surface area contributed by atoms with Gasteiger partial charge in [0.2, 0.25) is 0 Å². The Morgan fingerprint density at radius 1 is 1.59 bits per heavy atom. The van der Waals surface area contributed by atoms with Gasteiger partial charge in [0.1, 0.15) is 5.69 Å². The maximum absolute atomic E-state index is 11.5. The summed E-state index contributed by atoms with van der Waals surface area (Å²) >= 11 is 0. The second-order valence-electron chi connectivity index (χ2n) is 4.04. The van der Waals surface area contributed by atoms with E-state index in [1.165, 1.54) is 4.68 Å². The maximum Gasteiger partial charge on any atom is 0.331 e. The lowest BCUT2D eigenvalue weighted by Crippen LogP contribution is -2.46. The summed E-state index contributed by atoms with van der Waals surface area (Å²) in [5, 5.41) is 17.3. The first-order valence-electron chi connectivity index (χ1n) is 5.56. The van der Waals surface area contributed by atoms with Crippen LogP contribution in [-0.4, -0.2) is 39.3 Å². The smallest absolute Gasteiger partial charge is 0.331 e. The molecule has 0 spiro atoms. The Balaban J connectivity index is 2.34. The Labute approximate surface area is 98.9 Å². The van der Waals surface area contributed by atoms with E-state index in [1.54, 1.807) is 12.3 Å². The minimum atomic E-state index is -1.01. The number of carboxylic acid groups (broad SMARTS) is 1. The highest BCUT2D eigenvalue weighted by atomic mass is 16.5. The summed E-state index contributed by atoms with van der Waals surface area (Å²) in [4.78, 5) is 11.5. The van der Waals surface area contributed by atoms with Gasteiger partial charge in [-0.25, -0.2) is 9.48 Å². The predicted molar refractivity (Wildman–Crippen MR) is 60.4 cm³/mol. The second kappa shape index (κ2) is 4.67. The van der Waals surface area contributed by atoms with Crippen molar-refractivity contribution in [2.24, 2.45) is 0 Å². The summed E-state index contributed by atoms with van der Waals surface area (Å²) in [6, 6.07) is 0. The summed E-state index contributed by atoms with van der Waals surface area (Å²) in [6.45, 7) is 2.75. The van der Waals surface area contributed by atoms with Crippen LogP contribution in [0.1, 0.15) is 25.5 Å². The van der Waals surface area contributed by atoms with Crippen LogP contribution >= 0.6 is 0 Å². The summed E-state index contributed by atoms with van der Waals surface area (Å²) in [5.41, 5.74) is -0.343. The van der Waals surface area contributed by atoms with Crippen molar-refractivity contribution in [3.05, 3.63) is 18.0 Å². The molecule has 0 atom stereocenters. The Kier molecular flexibility index (Phi) is 3.23. The molecular formula is C11H15N3O3. The van der Waals surface area contributed by atoms with Gasteiger partial charge in [-0.2, -0.15) is 0 Å². The molecule has 0 bridgehead atoms. The van der Waals surface area contributed by atoms with Gasteiger partial charge in [-0.05, 0) is 13.0 Å². The molecule has 0 unspecified atom stereocenters. The lowest BCUT2D eigenvalue weighted by molar-refractivity contribution is -0.153. The van der Waals surface area contributed by atoms with Crippen LogP contribution in [0.5, 0.6) is 0 Å². The Morgan fingerprint density at radius 3 is 2.88 bits per heavy atom. The molecular weight excluding hydrogens is 222 g/mol. The third-order valence-corrected chi connectivity index (χ3v) is 3.01. The van der Waals surface area contributed by atoms with Crippen molar-refractivity contribution in [3.8, 4) is 0 Å². The minimum Gasteiger partial charge on any atom is -0.479 e. The molecule has 1 saturated heterocycles. The third kappa shape index (κ3) is 2.08. The summed E-state index contributed by atoms with van der Waals surface area (Å²) < 4.78 is 6.66. The van der Waals surface area contributed by atoms with Crippen LogP contribution in [-0.2, 0) is 15.1 Å². The molecule has 1 aromatic heterocycles. The van der Waals surface area contributed by atoms with Gasteiger partial charge in [-0.15, -0.1) is 5.10 Å². The number of ether oxygens (including phenoxy) is 1. The molecule has 0 aliphatic carbocycles. The summed E-state index contributed by atoms with van der Waals surface area (Å²) in [7, 11) is 0. The molecule has 1 fully saturated rings. The van der Waals surface area contributed by atoms with Crippen LogP contribution in [0.15, 0.2) is 12.3 Å². The molecule has 0 amide bonds. The number of carboxylic acids is 1. The Hall–Kier alpha value is -1.69. The minimum absolute atomic E-state index is 0.418. The Morgan fingerprint density at radius 2 is 2.29 bits per heavy atom. The van der Waals surface area contributed by atoms with Gasteiger partial charge in [0.15, 0.2) is 5.54 Å². The first-order valence-corrected chi connectivity index (χ1v) is 5.56. The molecule has 92 valence electrons. The van der Waals surface area contributed by atoms with Crippen molar-refractivity contribution >= 4 is 12.0 Å². The Bertz CT molecular complexity index is 433. The second-order valence-corrected chi connectivity index (χ2v) is 4.04. The highest BCUT2D eigenvalue weighted by Gasteiger charge is 2.43. The van der Waals surface area contributed by atoms with Gasteiger partial charge in [0.25, 0.3) is 0 Å². The van der Waals surface area contributed by atoms with Crippen molar-refractivity contribution in [1.29, 1.82) is 0 Å². The SMILES string of the molecule is C/C=C/c1cn(C2(C(=O)O)CCOCC2)nn1. The van der Waals surface area contributed by atoms with Gasteiger partial charge in [-0.3, -0.25) is 0 Å². The largest absolute Gasteiger partial charge is 0.479 e. The molecule has 2 heterocycles. The highest BCUT2D eigenvalue weighted by molar-refractivity contribution is 5.76. The first-order chi connectivity index (χ1) is 8.19. The fourth-order valence-electron chi connectivity index (χ4n) is 1.98. The van der Waals surface area contributed by atoms with Crippen molar-refractivity contribution < 1.29 is 14.6 Å². The highest BCUT2D eigenvalue weighted by Crippen LogP contribution is 2.28. The summed E-state index contributed by atoms with van der Waals surface area (Å²) in [6.07, 6.45) is 6.13. The van der Waals surface area contributed by atoms with E-state index in [0.29, 0.717) is 31.7 Å². The molecule has 0 saturated carbocycles. The first kappa shape index (κ1) is 11.8. The molecule has 1 N–H and O–H groups in total. The molecule has 0 aromatic carbocycles. The van der Waals surface area contributed by atoms with E-state index in [2.05, 4.69) is 10.3 Å². The van der Waals surface area contributed by atoms with Gasteiger partial charge >= 0.3 is 5.97 Å². The van der Waals surface area contributed by atoms with Crippen LogP contribution in [0, 0.1) is 0 Å². The quantitative estimate of drug-likeness (QED) is 0.845. The fraction of sp³-hybridized carbons (Fsp3) is 0.545. The van der Waals surface area contributed by atoms with E-state index >= 15 is 0 Å². The molecule has 2 rings (SSSR count). The number of nitrogens with zero attached hydrogens (tertiary/aromatic N) is 3. The van der Waals surface area contributed by atoms with Gasteiger partial charge in [0, 0.05) is 26.1 Å². The molecule has 1 aromatic rings. The lowest BCUT2D eigenvalue weighted by Gasteiger charge is -2.32. The van der Waals surface area contributed by atoms with Crippen molar-refractivity contribution in [2.75, 3.05) is 13.2 Å². The van der Waals surface area contributed by atoms with E-state index < -0.39 is 11.5 Å². The number of rotatable bonds is 3. The molecule has 1 aliphatic heterocycles. The monoisotopic (exact) mass is 237 g/mol. The van der Waals surface area contributed by atoms with Crippen molar-refractivity contribution in [1.82, 2.24) is 15.0 Å². The average Bonchev–Trinajstić information content (AvgIpc) is 2.79. The molecule has 0 radical (unpaired) electrons. The maximum atomic E-state index is 11.5. The van der Waals surface area contributed by atoms with E-state index in [1.807, 2.05) is 13.0 Å². The number of carbonyl (C=O) groups is 1. The average molecular weight is 237 g/mol. The zero-order chi connectivity index (χ0) is 12.3. The van der Waals surface area contributed by atoms with Crippen molar-refractivity contribution in [3.63, 3.8) is 0 Å². The molecule has 6 nitrogen and oxygen atoms in total. The normalized spacial score (nSPS) is 19.6. The van der Waals surface area contributed by atoms with Crippen LogP contribution in [0.3, 0.4) is 0 Å². The number of hydrogen-bond donors (Lipinski definition) is 1. The number of hydrogen-bond acceptors (Lipinski definition) is 4. The van der Waals surface area contributed by atoms with E-state index in [9.17, 15) is 9.90 Å². The van der Waals surface area contributed by atoms with Crippen LogP contribution in [0.25, 0.3) is 6.08 Å². The standard InChI is InChI=1S/C11H15N3O3/c1-2-3-9-8-14(13-12-9)11(10(15)16)4-6-17-7-5-11/h2-3,8H,4-7H2,1H3,(H,15,16)/b3-2+.